The fourth-order valence-electron chi connectivity index (χ4n) is 3.97. The second-order valence-electron chi connectivity index (χ2n) is 7.66. The third kappa shape index (κ3) is 4.22. The molecule has 6 heteroatoms. The average molecular weight is 388 g/mol. The molecule has 1 aliphatic carbocycles. The van der Waals surface area contributed by atoms with E-state index < -0.39 is 11.7 Å². The van der Waals surface area contributed by atoms with Crippen LogP contribution < -0.4 is 4.90 Å². The van der Waals surface area contributed by atoms with E-state index in [9.17, 15) is 18.0 Å². The van der Waals surface area contributed by atoms with E-state index in [0.717, 1.165) is 51.3 Å². The van der Waals surface area contributed by atoms with E-state index in [0.29, 0.717) is 11.5 Å². The van der Waals surface area contributed by atoms with Gasteiger partial charge in [0.15, 0.2) is 5.78 Å². The number of para-hydroxylation sites is 1. The zero-order chi connectivity index (χ0) is 19.7. The van der Waals surface area contributed by atoms with Crippen molar-refractivity contribution in [1.82, 2.24) is 4.90 Å². The molecule has 4 rings (SSSR count). The van der Waals surface area contributed by atoms with Crippen LogP contribution >= 0.6 is 0 Å². The van der Waals surface area contributed by atoms with Gasteiger partial charge in [-0.05, 0) is 36.6 Å². The first kappa shape index (κ1) is 19.0. The van der Waals surface area contributed by atoms with Gasteiger partial charge in [0, 0.05) is 49.9 Å². The van der Waals surface area contributed by atoms with Crippen LogP contribution in [0.5, 0.6) is 0 Å². The molecule has 2 aliphatic rings. The van der Waals surface area contributed by atoms with E-state index in [1.807, 2.05) is 18.2 Å². The smallest absolute Gasteiger partial charge is 0.369 e. The highest BCUT2D eigenvalue weighted by Gasteiger charge is 2.44. The number of carbonyl (C=O) groups is 1. The first-order valence-electron chi connectivity index (χ1n) is 9.65. The van der Waals surface area contributed by atoms with Gasteiger partial charge in [0.05, 0.1) is 5.56 Å². The minimum absolute atomic E-state index is 0.0263. The molecule has 0 amide bonds. The van der Waals surface area contributed by atoms with Crippen LogP contribution in [-0.4, -0.2) is 43.4 Å². The SMILES string of the molecule is O=C(c1ccc(C(F)(F)F)cc1)C1CC1CN1CCN(c2ccccc2)CC1. The maximum atomic E-state index is 12.7. The number of hydrogen-bond donors (Lipinski definition) is 0. The minimum atomic E-state index is -4.37. The quantitative estimate of drug-likeness (QED) is 0.712. The summed E-state index contributed by atoms with van der Waals surface area (Å²) in [7, 11) is 0. The van der Waals surface area contributed by atoms with Crippen LogP contribution in [0.25, 0.3) is 0 Å². The minimum Gasteiger partial charge on any atom is -0.369 e. The molecule has 1 heterocycles. The average Bonchev–Trinajstić information content (AvgIpc) is 3.47. The summed E-state index contributed by atoms with van der Waals surface area (Å²) in [4.78, 5) is 17.3. The zero-order valence-electron chi connectivity index (χ0n) is 15.5. The highest BCUT2D eigenvalue weighted by molar-refractivity contribution is 5.99. The molecule has 1 saturated carbocycles. The first-order chi connectivity index (χ1) is 13.4. The van der Waals surface area contributed by atoms with Crippen molar-refractivity contribution < 1.29 is 18.0 Å². The van der Waals surface area contributed by atoms with Crippen molar-refractivity contribution in [2.75, 3.05) is 37.6 Å². The fraction of sp³-hybridized carbons (Fsp3) is 0.409. The summed E-state index contributed by atoms with van der Waals surface area (Å²) in [6, 6.07) is 14.9. The molecule has 3 nitrogen and oxygen atoms in total. The number of nitrogens with zero attached hydrogens (tertiary/aromatic N) is 2. The third-order valence-corrected chi connectivity index (χ3v) is 5.74. The molecule has 148 valence electrons. The van der Waals surface area contributed by atoms with Crippen LogP contribution in [0.15, 0.2) is 54.6 Å². The lowest BCUT2D eigenvalue weighted by molar-refractivity contribution is -0.137. The Bertz CT molecular complexity index is 812. The standard InChI is InChI=1S/C22H23F3N2O/c23-22(24,25)18-8-6-16(7-9-18)21(28)20-14-17(20)15-26-10-12-27(13-11-26)19-4-2-1-3-5-19/h1-9,17,20H,10-15H2. The number of benzene rings is 2. The molecule has 28 heavy (non-hydrogen) atoms. The molecule has 0 spiro atoms. The zero-order valence-corrected chi connectivity index (χ0v) is 15.5. The molecule has 1 aliphatic heterocycles. The molecule has 0 radical (unpaired) electrons. The van der Waals surface area contributed by atoms with Gasteiger partial charge in [-0.1, -0.05) is 30.3 Å². The van der Waals surface area contributed by atoms with Crippen molar-refractivity contribution in [2.45, 2.75) is 12.6 Å². The molecular formula is C22H23F3N2O. The Kier molecular flexibility index (Phi) is 5.15. The summed E-state index contributed by atoms with van der Waals surface area (Å²) in [6.07, 6.45) is -3.54. The van der Waals surface area contributed by atoms with E-state index in [1.165, 1.54) is 17.8 Å². The Morgan fingerprint density at radius 1 is 0.929 bits per heavy atom. The van der Waals surface area contributed by atoms with Crippen LogP contribution in [0.2, 0.25) is 0 Å². The predicted molar refractivity (Wildman–Crippen MR) is 102 cm³/mol. The maximum absolute atomic E-state index is 12.7. The topological polar surface area (TPSA) is 23.6 Å². The van der Waals surface area contributed by atoms with Crippen molar-refractivity contribution in [3.8, 4) is 0 Å². The van der Waals surface area contributed by atoms with Gasteiger partial charge >= 0.3 is 6.18 Å². The normalized spacial score (nSPS) is 22.9. The summed E-state index contributed by atoms with van der Waals surface area (Å²) in [6.45, 7) is 4.75. The van der Waals surface area contributed by atoms with E-state index in [2.05, 4.69) is 21.9 Å². The Morgan fingerprint density at radius 3 is 2.18 bits per heavy atom. The molecule has 2 fully saturated rings. The van der Waals surface area contributed by atoms with Crippen LogP contribution in [0.1, 0.15) is 22.3 Å². The highest BCUT2D eigenvalue weighted by atomic mass is 19.4. The van der Waals surface area contributed by atoms with Crippen molar-refractivity contribution in [1.29, 1.82) is 0 Å². The summed E-state index contributed by atoms with van der Waals surface area (Å²) in [5.41, 5.74) is 0.908. The number of halogens is 3. The molecule has 1 saturated heterocycles. The van der Waals surface area contributed by atoms with Gasteiger partial charge < -0.3 is 4.90 Å². The maximum Gasteiger partial charge on any atom is 0.416 e. The number of ketones is 1. The fourth-order valence-corrected chi connectivity index (χ4v) is 3.97. The Hall–Kier alpha value is -2.34. The van der Waals surface area contributed by atoms with Crippen LogP contribution in [-0.2, 0) is 6.18 Å². The number of carbonyl (C=O) groups excluding carboxylic acids is 1. The Balaban J connectivity index is 1.27. The van der Waals surface area contributed by atoms with Crippen molar-refractivity contribution in [3.05, 3.63) is 65.7 Å². The number of Topliss-reactive ketones (excluding diaryl/α,β-unsaturated/α-hetero) is 1. The number of piperazine rings is 1. The van der Waals surface area contributed by atoms with E-state index >= 15 is 0 Å². The first-order valence-corrected chi connectivity index (χ1v) is 9.65. The van der Waals surface area contributed by atoms with Gasteiger partial charge in [-0.25, -0.2) is 0 Å². The summed E-state index contributed by atoms with van der Waals surface area (Å²) in [5, 5.41) is 0. The lowest BCUT2D eigenvalue weighted by Crippen LogP contribution is -2.47. The van der Waals surface area contributed by atoms with Gasteiger partial charge in [-0.3, -0.25) is 9.69 Å². The van der Waals surface area contributed by atoms with Crippen LogP contribution in [0, 0.1) is 11.8 Å². The van der Waals surface area contributed by atoms with Crippen molar-refractivity contribution in [2.24, 2.45) is 11.8 Å². The van der Waals surface area contributed by atoms with Crippen molar-refractivity contribution in [3.63, 3.8) is 0 Å². The van der Waals surface area contributed by atoms with Crippen molar-refractivity contribution >= 4 is 11.5 Å². The number of hydrogen-bond acceptors (Lipinski definition) is 3. The summed E-state index contributed by atoms with van der Waals surface area (Å²) < 4.78 is 38.0. The van der Waals surface area contributed by atoms with Gasteiger partial charge in [0.1, 0.15) is 0 Å². The Morgan fingerprint density at radius 2 is 1.57 bits per heavy atom. The summed E-state index contributed by atoms with van der Waals surface area (Å²) in [5.74, 6) is 0.239. The highest BCUT2D eigenvalue weighted by Crippen LogP contribution is 2.42. The van der Waals surface area contributed by atoms with Crippen LogP contribution in [0.3, 0.4) is 0 Å². The lowest BCUT2D eigenvalue weighted by atomic mass is 10.0. The molecule has 2 atom stereocenters. The summed E-state index contributed by atoms with van der Waals surface area (Å²) >= 11 is 0. The van der Waals surface area contributed by atoms with Gasteiger partial charge in [-0.15, -0.1) is 0 Å². The number of anilines is 1. The molecule has 0 N–H and O–H groups in total. The monoisotopic (exact) mass is 388 g/mol. The van der Waals surface area contributed by atoms with Gasteiger partial charge in [0.25, 0.3) is 0 Å². The number of rotatable bonds is 5. The van der Waals surface area contributed by atoms with E-state index in [-0.39, 0.29) is 11.7 Å². The Labute approximate surface area is 162 Å². The number of alkyl halides is 3. The molecule has 2 aromatic rings. The lowest BCUT2D eigenvalue weighted by Gasteiger charge is -2.36. The molecule has 0 bridgehead atoms. The molecular weight excluding hydrogens is 365 g/mol. The molecule has 0 aromatic heterocycles. The second kappa shape index (κ2) is 7.59. The second-order valence-corrected chi connectivity index (χ2v) is 7.66. The largest absolute Gasteiger partial charge is 0.416 e. The van der Waals surface area contributed by atoms with E-state index in [4.69, 9.17) is 0 Å². The van der Waals surface area contributed by atoms with E-state index in [1.54, 1.807) is 0 Å². The van der Waals surface area contributed by atoms with Gasteiger partial charge in [-0.2, -0.15) is 13.2 Å². The molecule has 2 aromatic carbocycles. The van der Waals surface area contributed by atoms with Crippen LogP contribution in [0.4, 0.5) is 18.9 Å². The molecule has 2 unspecified atom stereocenters. The van der Waals surface area contributed by atoms with Gasteiger partial charge in [0.2, 0.25) is 0 Å². The third-order valence-electron chi connectivity index (χ3n) is 5.74. The predicted octanol–water partition coefficient (Wildman–Crippen LogP) is 4.35.